The summed E-state index contributed by atoms with van der Waals surface area (Å²) in [6, 6.07) is 12.9. The van der Waals surface area contributed by atoms with Crippen molar-refractivity contribution in [2.75, 3.05) is 16.8 Å². The molecule has 0 aliphatic carbocycles. The van der Waals surface area contributed by atoms with Crippen molar-refractivity contribution < 1.29 is 4.79 Å². The predicted molar refractivity (Wildman–Crippen MR) is 80.7 cm³/mol. The summed E-state index contributed by atoms with van der Waals surface area (Å²) >= 11 is 6.02. The van der Waals surface area contributed by atoms with E-state index in [4.69, 9.17) is 11.6 Å². The van der Waals surface area contributed by atoms with E-state index < -0.39 is 0 Å². The van der Waals surface area contributed by atoms with Gasteiger partial charge in [0, 0.05) is 12.7 Å². The Labute approximate surface area is 122 Å². The quantitative estimate of drug-likeness (QED) is 0.756. The Bertz CT molecular complexity index is 659. The van der Waals surface area contributed by atoms with Crippen LogP contribution in [0.2, 0.25) is 5.15 Å². The van der Waals surface area contributed by atoms with Gasteiger partial charge in [0.2, 0.25) is 5.91 Å². The Hall–Kier alpha value is -2.07. The first-order chi connectivity index (χ1) is 9.59. The zero-order valence-electron chi connectivity index (χ0n) is 11.2. The summed E-state index contributed by atoms with van der Waals surface area (Å²) in [6.45, 7) is 1.87. The number of fused-ring (bicyclic) bond motifs is 1. The molecule has 0 spiro atoms. The number of hydrogen-bond acceptors (Lipinski definition) is 3. The van der Waals surface area contributed by atoms with Crippen molar-refractivity contribution in [1.29, 1.82) is 0 Å². The molecule has 20 heavy (non-hydrogen) atoms. The third-order valence-corrected chi connectivity index (χ3v) is 3.73. The zero-order chi connectivity index (χ0) is 14.3. The number of halogens is 1. The second-order valence-electron chi connectivity index (χ2n) is 4.76. The molecule has 0 N–H and O–H groups in total. The van der Waals surface area contributed by atoms with Gasteiger partial charge in [-0.2, -0.15) is 0 Å². The maximum absolute atomic E-state index is 12.4. The van der Waals surface area contributed by atoms with Gasteiger partial charge in [-0.15, -0.1) is 0 Å². The number of carbonyl (C=O) groups excluding carboxylic acids is 1. The van der Waals surface area contributed by atoms with Gasteiger partial charge in [0.15, 0.2) is 5.82 Å². The largest absolute Gasteiger partial charge is 0.312 e. The van der Waals surface area contributed by atoms with Crippen molar-refractivity contribution in [2.24, 2.45) is 0 Å². The van der Waals surface area contributed by atoms with Crippen LogP contribution < -0.4 is 9.80 Å². The first kappa shape index (κ1) is 12.9. The predicted octanol–water partition coefficient (Wildman–Crippen LogP) is 3.24. The fourth-order valence-corrected chi connectivity index (χ4v) is 2.63. The smallest absolute Gasteiger partial charge is 0.249 e. The molecule has 1 atom stereocenters. The molecule has 1 amide bonds. The van der Waals surface area contributed by atoms with Gasteiger partial charge in [-0.25, -0.2) is 4.98 Å². The SMILES string of the molecule is C[C@H]1C(=O)N(C)c2ccc(Cl)nc2N1c1ccccc1. The van der Waals surface area contributed by atoms with Crippen molar-refractivity contribution in [3.8, 4) is 0 Å². The minimum absolute atomic E-state index is 0.0328. The van der Waals surface area contributed by atoms with Crippen molar-refractivity contribution in [3.05, 3.63) is 47.6 Å². The topological polar surface area (TPSA) is 36.4 Å². The van der Waals surface area contributed by atoms with Crippen LogP contribution in [0.3, 0.4) is 0 Å². The monoisotopic (exact) mass is 287 g/mol. The Morgan fingerprint density at radius 3 is 2.55 bits per heavy atom. The number of para-hydroxylation sites is 1. The minimum Gasteiger partial charge on any atom is -0.312 e. The molecule has 1 aliphatic heterocycles. The summed E-state index contributed by atoms with van der Waals surface area (Å²) in [5.41, 5.74) is 1.69. The first-order valence-corrected chi connectivity index (χ1v) is 6.76. The van der Waals surface area contributed by atoms with Crippen LogP contribution in [0.15, 0.2) is 42.5 Å². The molecular weight excluding hydrogens is 274 g/mol. The number of hydrogen-bond donors (Lipinski definition) is 0. The molecule has 1 aliphatic rings. The molecule has 0 unspecified atom stereocenters. The maximum atomic E-state index is 12.4. The number of pyridine rings is 1. The summed E-state index contributed by atoms with van der Waals surface area (Å²) in [7, 11) is 1.76. The van der Waals surface area contributed by atoms with Crippen molar-refractivity contribution >= 4 is 34.7 Å². The van der Waals surface area contributed by atoms with Crippen LogP contribution in [-0.4, -0.2) is 24.0 Å². The van der Waals surface area contributed by atoms with Crippen LogP contribution in [0.5, 0.6) is 0 Å². The molecule has 0 bridgehead atoms. The maximum Gasteiger partial charge on any atom is 0.249 e. The molecule has 0 saturated carbocycles. The molecule has 2 aromatic rings. The third kappa shape index (κ3) is 1.93. The molecule has 102 valence electrons. The van der Waals surface area contributed by atoms with Crippen LogP contribution in [0.4, 0.5) is 17.2 Å². The Balaban J connectivity index is 2.21. The van der Waals surface area contributed by atoms with Crippen molar-refractivity contribution in [1.82, 2.24) is 4.98 Å². The number of likely N-dealkylation sites (N-methyl/N-ethyl adjacent to an activating group) is 1. The molecule has 3 rings (SSSR count). The lowest BCUT2D eigenvalue weighted by Gasteiger charge is -2.39. The van der Waals surface area contributed by atoms with Gasteiger partial charge in [-0.05, 0) is 31.2 Å². The minimum atomic E-state index is -0.319. The lowest BCUT2D eigenvalue weighted by molar-refractivity contribution is -0.119. The Morgan fingerprint density at radius 1 is 1.15 bits per heavy atom. The van der Waals surface area contributed by atoms with Crippen LogP contribution in [0, 0.1) is 0 Å². The van der Waals surface area contributed by atoms with E-state index in [1.54, 1.807) is 18.0 Å². The highest BCUT2D eigenvalue weighted by atomic mass is 35.5. The molecule has 5 heteroatoms. The number of carbonyl (C=O) groups is 1. The number of anilines is 3. The lowest BCUT2D eigenvalue weighted by Crippen LogP contribution is -2.49. The number of nitrogens with zero attached hydrogens (tertiary/aromatic N) is 3. The summed E-state index contributed by atoms with van der Waals surface area (Å²) in [6.07, 6.45) is 0. The van der Waals surface area contributed by atoms with E-state index in [1.165, 1.54) is 0 Å². The number of rotatable bonds is 1. The third-order valence-electron chi connectivity index (χ3n) is 3.52. The van der Waals surface area contributed by atoms with E-state index in [9.17, 15) is 4.79 Å². The van der Waals surface area contributed by atoms with Crippen molar-refractivity contribution in [3.63, 3.8) is 0 Å². The molecule has 0 radical (unpaired) electrons. The fraction of sp³-hybridized carbons (Fsp3) is 0.200. The van der Waals surface area contributed by atoms with Gasteiger partial charge in [-0.1, -0.05) is 29.8 Å². The Morgan fingerprint density at radius 2 is 1.85 bits per heavy atom. The summed E-state index contributed by atoms with van der Waals surface area (Å²) in [4.78, 5) is 20.3. The van der Waals surface area contributed by atoms with Crippen LogP contribution >= 0.6 is 11.6 Å². The Kier molecular flexibility index (Phi) is 3.10. The van der Waals surface area contributed by atoms with E-state index in [-0.39, 0.29) is 11.9 Å². The summed E-state index contributed by atoms with van der Waals surface area (Å²) in [5.74, 6) is 0.740. The lowest BCUT2D eigenvalue weighted by atomic mass is 10.1. The van der Waals surface area contributed by atoms with E-state index in [0.717, 1.165) is 11.4 Å². The first-order valence-electron chi connectivity index (χ1n) is 6.38. The molecular formula is C15H14ClN3O. The van der Waals surface area contributed by atoms with E-state index >= 15 is 0 Å². The van der Waals surface area contributed by atoms with Gasteiger partial charge in [0.1, 0.15) is 11.2 Å². The van der Waals surface area contributed by atoms with Gasteiger partial charge >= 0.3 is 0 Å². The second kappa shape index (κ2) is 4.80. The van der Waals surface area contributed by atoms with Crippen LogP contribution in [0.25, 0.3) is 0 Å². The highest BCUT2D eigenvalue weighted by Crippen LogP contribution is 2.39. The summed E-state index contributed by atoms with van der Waals surface area (Å²) in [5, 5.41) is 0.416. The van der Waals surface area contributed by atoms with E-state index in [0.29, 0.717) is 11.0 Å². The highest BCUT2D eigenvalue weighted by molar-refractivity contribution is 6.29. The highest BCUT2D eigenvalue weighted by Gasteiger charge is 2.35. The van der Waals surface area contributed by atoms with Gasteiger partial charge in [0.25, 0.3) is 0 Å². The molecule has 2 heterocycles. The van der Waals surface area contributed by atoms with Gasteiger partial charge in [0.05, 0.1) is 5.69 Å². The molecule has 1 aromatic heterocycles. The van der Waals surface area contributed by atoms with E-state index in [1.807, 2.05) is 48.2 Å². The summed E-state index contributed by atoms with van der Waals surface area (Å²) < 4.78 is 0. The molecule has 4 nitrogen and oxygen atoms in total. The number of benzene rings is 1. The van der Waals surface area contributed by atoms with Crippen molar-refractivity contribution in [2.45, 2.75) is 13.0 Å². The number of aromatic nitrogens is 1. The normalized spacial score (nSPS) is 18.1. The average molecular weight is 288 g/mol. The average Bonchev–Trinajstić information content (AvgIpc) is 2.46. The van der Waals surface area contributed by atoms with Gasteiger partial charge < -0.3 is 9.80 Å². The van der Waals surface area contributed by atoms with Crippen LogP contribution in [-0.2, 0) is 4.79 Å². The van der Waals surface area contributed by atoms with Gasteiger partial charge in [-0.3, -0.25) is 4.79 Å². The molecule has 0 saturated heterocycles. The van der Waals surface area contributed by atoms with Crippen LogP contribution in [0.1, 0.15) is 6.92 Å². The molecule has 1 aromatic carbocycles. The zero-order valence-corrected chi connectivity index (χ0v) is 12.0. The fourth-order valence-electron chi connectivity index (χ4n) is 2.48. The number of amides is 1. The second-order valence-corrected chi connectivity index (χ2v) is 5.14. The van der Waals surface area contributed by atoms with E-state index in [2.05, 4.69) is 4.98 Å². The molecule has 0 fully saturated rings. The standard InChI is InChI=1S/C15H14ClN3O/c1-10-15(20)18(2)12-8-9-13(16)17-14(12)19(10)11-6-4-3-5-7-11/h3-10H,1-2H3/t10-/m0/s1.